The number of hydrogen-bond acceptors (Lipinski definition) is 5. The van der Waals surface area contributed by atoms with Gasteiger partial charge in [0.1, 0.15) is 0 Å². The molecular weight excluding hydrogens is 544 g/mol. The van der Waals surface area contributed by atoms with Crippen molar-refractivity contribution in [1.29, 1.82) is 0 Å². The number of rotatable bonds is 10. The number of fused-ring (bicyclic) bond motifs is 3. The second-order valence-corrected chi connectivity index (χ2v) is 12.4. The fourth-order valence-corrected chi connectivity index (χ4v) is 6.07. The van der Waals surface area contributed by atoms with Crippen molar-refractivity contribution in [3.05, 3.63) is 65.9 Å². The number of benzene rings is 1. The van der Waals surface area contributed by atoms with Gasteiger partial charge in [-0.05, 0) is 56.1 Å². The Morgan fingerprint density at radius 2 is 1.83 bits per heavy atom. The van der Waals surface area contributed by atoms with Gasteiger partial charge < -0.3 is 14.2 Å². The van der Waals surface area contributed by atoms with Gasteiger partial charge in [0.05, 0.1) is 24.8 Å². The SMILES string of the molecule is C=CC1=C(C=C)c2c(C(C)CC)c3ccc(C(=O)NSN(C)C)cc3n2CC(C(=O)N2CCOCC2)C1.CCCCC. The smallest absolute Gasteiger partial charge is 0.262 e. The molecule has 8 heteroatoms. The van der Waals surface area contributed by atoms with Crippen molar-refractivity contribution in [2.24, 2.45) is 5.92 Å². The van der Waals surface area contributed by atoms with Crippen LogP contribution in [0.4, 0.5) is 0 Å². The van der Waals surface area contributed by atoms with E-state index in [0.29, 0.717) is 44.8 Å². The first kappa shape index (κ1) is 33.7. The molecule has 2 atom stereocenters. The van der Waals surface area contributed by atoms with E-state index in [1.807, 2.05) is 47.6 Å². The molecule has 1 saturated heterocycles. The molecule has 0 aliphatic carbocycles. The average molecular weight is 595 g/mol. The molecule has 0 radical (unpaired) electrons. The van der Waals surface area contributed by atoms with E-state index < -0.39 is 0 Å². The summed E-state index contributed by atoms with van der Waals surface area (Å²) in [5.74, 6) is 0.0314. The van der Waals surface area contributed by atoms with Gasteiger partial charge in [-0.25, -0.2) is 4.31 Å². The zero-order valence-corrected chi connectivity index (χ0v) is 27.3. The standard InChI is InChI=1S/C29H38N4O3S.C5H12/c1-7-19(4)26-24-11-10-21(28(34)30-37-31(5)6)17-25(24)33-18-22(29(35)32-12-14-36-15-13-32)16-20(8-2)23(9-3)27(26)33;1-3-5-4-2/h8-11,17,19,22H,2-3,7,12-16,18H2,1,4-6H3,(H,30,34);3-5H2,1-2H3. The van der Waals surface area contributed by atoms with E-state index in [0.717, 1.165) is 34.2 Å². The highest BCUT2D eigenvalue weighted by molar-refractivity contribution is 7.95. The number of amides is 2. The minimum Gasteiger partial charge on any atom is -0.378 e. The molecule has 0 saturated carbocycles. The van der Waals surface area contributed by atoms with Crippen molar-refractivity contribution in [1.82, 2.24) is 18.5 Å². The molecule has 0 spiro atoms. The van der Waals surface area contributed by atoms with E-state index in [4.69, 9.17) is 4.74 Å². The molecule has 1 N–H and O–H groups in total. The van der Waals surface area contributed by atoms with Crippen LogP contribution < -0.4 is 4.72 Å². The number of morpholine rings is 1. The highest BCUT2D eigenvalue weighted by atomic mass is 32.2. The highest BCUT2D eigenvalue weighted by Crippen LogP contribution is 2.42. The lowest BCUT2D eigenvalue weighted by molar-refractivity contribution is -0.140. The van der Waals surface area contributed by atoms with Crippen LogP contribution in [0, 0.1) is 5.92 Å². The summed E-state index contributed by atoms with van der Waals surface area (Å²) in [7, 11) is 3.76. The molecule has 3 heterocycles. The Bertz CT molecular complexity index is 1290. The Labute approximate surface area is 257 Å². The summed E-state index contributed by atoms with van der Waals surface area (Å²) in [6.45, 7) is 20.0. The Kier molecular flexibility index (Phi) is 13.0. The highest BCUT2D eigenvalue weighted by Gasteiger charge is 2.33. The summed E-state index contributed by atoms with van der Waals surface area (Å²) in [6, 6.07) is 5.91. The lowest BCUT2D eigenvalue weighted by atomic mass is 9.89. The minimum atomic E-state index is -0.246. The molecule has 2 aromatic rings. The molecule has 2 aliphatic rings. The van der Waals surface area contributed by atoms with Gasteiger partial charge in [0.2, 0.25) is 5.91 Å². The van der Waals surface area contributed by atoms with Crippen molar-refractivity contribution in [2.45, 2.75) is 72.3 Å². The summed E-state index contributed by atoms with van der Waals surface area (Å²) in [5, 5.41) is 1.11. The van der Waals surface area contributed by atoms with Gasteiger partial charge in [-0.15, -0.1) is 0 Å². The van der Waals surface area contributed by atoms with E-state index in [-0.39, 0.29) is 23.7 Å². The normalized spacial score (nSPS) is 17.7. The number of allylic oxidation sites excluding steroid dienone is 4. The Morgan fingerprint density at radius 3 is 2.38 bits per heavy atom. The Balaban J connectivity index is 0.000000892. The van der Waals surface area contributed by atoms with Gasteiger partial charge >= 0.3 is 0 Å². The predicted octanol–water partition coefficient (Wildman–Crippen LogP) is 7.21. The Morgan fingerprint density at radius 1 is 1.14 bits per heavy atom. The molecule has 42 heavy (non-hydrogen) atoms. The van der Waals surface area contributed by atoms with Crippen LogP contribution >= 0.6 is 12.1 Å². The number of nitrogens with one attached hydrogen (secondary N) is 1. The monoisotopic (exact) mass is 594 g/mol. The molecule has 0 bridgehead atoms. The number of carbonyl (C=O) groups is 2. The van der Waals surface area contributed by atoms with Crippen molar-refractivity contribution in [2.75, 3.05) is 40.4 Å². The first-order chi connectivity index (χ1) is 20.2. The summed E-state index contributed by atoms with van der Waals surface area (Å²) < 4.78 is 12.5. The number of unbranched alkanes of at least 4 members (excludes halogenated alkanes) is 2. The quantitative estimate of drug-likeness (QED) is 0.295. The van der Waals surface area contributed by atoms with Crippen LogP contribution in [0.1, 0.15) is 87.3 Å². The van der Waals surface area contributed by atoms with E-state index in [2.05, 4.69) is 56.2 Å². The molecule has 2 amide bonds. The molecule has 4 rings (SSSR count). The first-order valence-corrected chi connectivity index (χ1v) is 16.1. The van der Waals surface area contributed by atoms with Crippen LogP contribution in [-0.4, -0.2) is 66.0 Å². The van der Waals surface area contributed by atoms with Crippen molar-refractivity contribution < 1.29 is 14.3 Å². The van der Waals surface area contributed by atoms with Crippen LogP contribution in [0.15, 0.2) is 49.1 Å². The molecule has 1 aromatic carbocycles. The van der Waals surface area contributed by atoms with Crippen LogP contribution in [0.3, 0.4) is 0 Å². The minimum absolute atomic E-state index is 0.141. The summed E-state index contributed by atoms with van der Waals surface area (Å²) in [4.78, 5) is 28.6. The van der Waals surface area contributed by atoms with E-state index in [9.17, 15) is 9.59 Å². The lowest BCUT2D eigenvalue weighted by Gasteiger charge is -2.30. The molecule has 7 nitrogen and oxygen atoms in total. The number of ether oxygens (including phenoxy) is 1. The zero-order valence-electron chi connectivity index (χ0n) is 26.5. The Hall–Kier alpha value is -2.81. The average Bonchev–Trinajstić information content (AvgIpc) is 3.21. The van der Waals surface area contributed by atoms with Crippen LogP contribution in [-0.2, 0) is 16.1 Å². The van der Waals surface area contributed by atoms with Gasteiger partial charge in [-0.1, -0.05) is 78.3 Å². The first-order valence-electron chi connectivity index (χ1n) is 15.4. The molecule has 2 unspecified atom stereocenters. The number of nitrogens with zero attached hydrogens (tertiary/aromatic N) is 3. The van der Waals surface area contributed by atoms with E-state index >= 15 is 0 Å². The number of carbonyl (C=O) groups excluding carboxylic acids is 2. The van der Waals surface area contributed by atoms with Crippen LogP contribution in [0.5, 0.6) is 0 Å². The van der Waals surface area contributed by atoms with Crippen LogP contribution in [0.25, 0.3) is 16.5 Å². The lowest BCUT2D eigenvalue weighted by Crippen LogP contribution is -2.44. The number of hydrogen-bond donors (Lipinski definition) is 1. The summed E-state index contributed by atoms with van der Waals surface area (Å²) >= 11 is 1.25. The second-order valence-electron chi connectivity index (χ2n) is 11.3. The maximum absolute atomic E-state index is 13.7. The van der Waals surface area contributed by atoms with Crippen molar-refractivity contribution in [3.8, 4) is 0 Å². The van der Waals surface area contributed by atoms with Gasteiger partial charge in [0, 0.05) is 53.8 Å². The summed E-state index contributed by atoms with van der Waals surface area (Å²) in [5.41, 5.74) is 5.94. The second kappa shape index (κ2) is 16.1. The third kappa shape index (κ3) is 7.77. The van der Waals surface area contributed by atoms with Gasteiger partial charge in [0.25, 0.3) is 5.91 Å². The third-order valence-corrected chi connectivity index (χ3v) is 8.73. The fourth-order valence-electron chi connectivity index (χ4n) is 5.69. The maximum atomic E-state index is 13.7. The van der Waals surface area contributed by atoms with E-state index in [1.165, 1.54) is 37.0 Å². The molecule has 230 valence electrons. The molecule has 1 fully saturated rings. The molecule has 1 aromatic heterocycles. The van der Waals surface area contributed by atoms with Crippen molar-refractivity contribution >= 4 is 40.4 Å². The van der Waals surface area contributed by atoms with Gasteiger partial charge in [-0.3, -0.25) is 14.3 Å². The van der Waals surface area contributed by atoms with E-state index in [1.54, 1.807) is 0 Å². The van der Waals surface area contributed by atoms with Gasteiger partial charge in [-0.2, -0.15) is 0 Å². The largest absolute Gasteiger partial charge is 0.378 e. The fraction of sp³-hybridized carbons (Fsp3) is 0.529. The molecular formula is C34H50N4O3S. The third-order valence-electron chi connectivity index (χ3n) is 8.09. The predicted molar refractivity (Wildman–Crippen MR) is 177 cm³/mol. The topological polar surface area (TPSA) is 66.8 Å². The van der Waals surface area contributed by atoms with Crippen molar-refractivity contribution in [3.63, 3.8) is 0 Å². The molecule has 2 aliphatic heterocycles. The van der Waals surface area contributed by atoms with Crippen LogP contribution in [0.2, 0.25) is 0 Å². The van der Waals surface area contributed by atoms with Gasteiger partial charge in [0.15, 0.2) is 0 Å². The number of aromatic nitrogens is 1. The maximum Gasteiger partial charge on any atom is 0.262 e. The zero-order chi connectivity index (χ0) is 30.8. The summed E-state index contributed by atoms with van der Waals surface area (Å²) in [6.07, 6.45) is 9.42.